The van der Waals surface area contributed by atoms with Gasteiger partial charge in [0, 0.05) is 12.0 Å². The fourth-order valence-corrected chi connectivity index (χ4v) is 3.77. The normalized spacial score (nSPS) is 18.8. The Hall–Kier alpha value is -2.08. The van der Waals surface area contributed by atoms with Crippen LogP contribution in [0.4, 0.5) is 0 Å². The van der Waals surface area contributed by atoms with Crippen molar-refractivity contribution >= 4 is 15.9 Å². The Morgan fingerprint density at radius 1 is 1.23 bits per heavy atom. The monoisotopic (exact) mass is 377 g/mol. The van der Waals surface area contributed by atoms with E-state index in [0.717, 1.165) is 32.1 Å². The van der Waals surface area contributed by atoms with Crippen molar-refractivity contribution in [1.29, 1.82) is 0 Å². The number of unbranched alkanes of at least 4 members (excludes halogenated alkanes) is 4. The second kappa shape index (κ2) is 9.57. The maximum absolute atomic E-state index is 12.4. The Morgan fingerprint density at radius 2 is 2.00 bits per heavy atom. The number of carbonyl (C=O) groups excluding carboxylic acids is 1. The van der Waals surface area contributed by atoms with Crippen molar-refractivity contribution in [1.82, 2.24) is 4.72 Å². The number of nitrogens with one attached hydrogen (secondary N) is 1. The van der Waals surface area contributed by atoms with Gasteiger partial charge in [0.25, 0.3) is 10.0 Å². The highest BCUT2D eigenvalue weighted by Crippen LogP contribution is 2.39. The van der Waals surface area contributed by atoms with Crippen LogP contribution in [0.15, 0.2) is 54.5 Å². The fourth-order valence-electron chi connectivity index (χ4n) is 2.71. The average Bonchev–Trinajstić information content (AvgIpc) is 3.41. The molecule has 1 amide bonds. The summed E-state index contributed by atoms with van der Waals surface area (Å²) in [6.07, 6.45) is 9.52. The molecule has 142 valence electrons. The van der Waals surface area contributed by atoms with Crippen molar-refractivity contribution in [3.63, 3.8) is 0 Å². The topological polar surface area (TPSA) is 72.5 Å². The van der Waals surface area contributed by atoms with Gasteiger partial charge in [-0.1, -0.05) is 31.1 Å². The molecule has 1 unspecified atom stereocenters. The van der Waals surface area contributed by atoms with E-state index in [2.05, 4.69) is 17.9 Å². The van der Waals surface area contributed by atoms with Crippen LogP contribution in [0.3, 0.4) is 0 Å². The van der Waals surface area contributed by atoms with E-state index >= 15 is 0 Å². The van der Waals surface area contributed by atoms with Gasteiger partial charge >= 0.3 is 0 Å². The number of sulfonamides is 1. The minimum absolute atomic E-state index is 0.0325. The van der Waals surface area contributed by atoms with E-state index in [1.807, 2.05) is 6.08 Å². The first-order chi connectivity index (χ1) is 12.5. The molecule has 0 aliphatic heterocycles. The quantitative estimate of drug-likeness (QED) is 0.444. The summed E-state index contributed by atoms with van der Waals surface area (Å²) in [5.74, 6) is -0.198. The second-order valence-corrected chi connectivity index (χ2v) is 8.21. The number of hydrogen-bond acceptors (Lipinski definition) is 4. The van der Waals surface area contributed by atoms with Gasteiger partial charge in [-0.25, -0.2) is 13.1 Å². The molecule has 0 bridgehead atoms. The van der Waals surface area contributed by atoms with Gasteiger partial charge < -0.3 is 4.74 Å². The number of ether oxygens (including phenoxy) is 1. The molecular weight excluding hydrogens is 350 g/mol. The summed E-state index contributed by atoms with van der Waals surface area (Å²) >= 11 is 0. The van der Waals surface area contributed by atoms with Crippen LogP contribution in [-0.2, 0) is 14.8 Å². The standard InChI is InChI=1S/C20H27NO4S/c1-3-5-6-7-8-9-13-25-17-11-10-12-18(15-17)26(23,24)21-20(22)19-14-16(19)4-2/h3-4,10-12,15-16,19H,1-2,5-9,13-14H2,(H,21,22)/t16-,19?/m0/s1. The Kier molecular flexibility index (Phi) is 7.45. The Bertz CT molecular complexity index is 742. The van der Waals surface area contributed by atoms with E-state index in [9.17, 15) is 13.2 Å². The summed E-state index contributed by atoms with van der Waals surface area (Å²) < 4.78 is 32.5. The zero-order chi connectivity index (χ0) is 19.0. The largest absolute Gasteiger partial charge is 0.494 e. The summed E-state index contributed by atoms with van der Waals surface area (Å²) in [6, 6.07) is 6.23. The van der Waals surface area contributed by atoms with Crippen LogP contribution in [0.5, 0.6) is 5.75 Å². The first kappa shape index (κ1) is 20.2. The summed E-state index contributed by atoms with van der Waals surface area (Å²) in [6.45, 7) is 7.86. The lowest BCUT2D eigenvalue weighted by molar-refractivity contribution is -0.120. The van der Waals surface area contributed by atoms with E-state index in [4.69, 9.17) is 4.74 Å². The van der Waals surface area contributed by atoms with Gasteiger partial charge in [0.1, 0.15) is 5.75 Å². The minimum atomic E-state index is -3.89. The van der Waals surface area contributed by atoms with Crippen molar-refractivity contribution in [2.75, 3.05) is 6.61 Å². The Morgan fingerprint density at radius 3 is 2.69 bits per heavy atom. The molecule has 0 aromatic heterocycles. The maximum Gasteiger partial charge on any atom is 0.264 e. The third-order valence-electron chi connectivity index (χ3n) is 4.40. The van der Waals surface area contributed by atoms with Crippen LogP contribution in [0, 0.1) is 11.8 Å². The van der Waals surface area contributed by atoms with Crippen molar-refractivity contribution in [2.24, 2.45) is 11.8 Å². The van der Waals surface area contributed by atoms with Crippen LogP contribution in [0.25, 0.3) is 0 Å². The molecule has 6 heteroatoms. The first-order valence-electron chi connectivity index (χ1n) is 9.01. The van der Waals surface area contributed by atoms with Gasteiger partial charge in [0.05, 0.1) is 11.5 Å². The molecule has 1 N–H and O–H groups in total. The molecule has 2 rings (SSSR count). The van der Waals surface area contributed by atoms with Crippen LogP contribution in [0.2, 0.25) is 0 Å². The molecule has 0 saturated heterocycles. The molecule has 1 aromatic carbocycles. The van der Waals surface area contributed by atoms with E-state index in [-0.39, 0.29) is 16.7 Å². The van der Waals surface area contributed by atoms with Gasteiger partial charge in [0.2, 0.25) is 5.91 Å². The Labute approximate surface area is 156 Å². The number of hydrogen-bond donors (Lipinski definition) is 1. The van der Waals surface area contributed by atoms with Crippen LogP contribution < -0.4 is 9.46 Å². The van der Waals surface area contributed by atoms with Gasteiger partial charge in [-0.05, 0) is 43.7 Å². The highest BCUT2D eigenvalue weighted by molar-refractivity contribution is 7.90. The Balaban J connectivity index is 1.84. The first-order valence-corrected chi connectivity index (χ1v) is 10.5. The molecule has 0 heterocycles. The predicted octanol–water partition coefficient (Wildman–Crippen LogP) is 3.83. The number of allylic oxidation sites excluding steroid dienone is 2. The zero-order valence-electron chi connectivity index (χ0n) is 15.0. The lowest BCUT2D eigenvalue weighted by atomic mass is 10.1. The van der Waals surface area contributed by atoms with Crippen molar-refractivity contribution in [2.45, 2.75) is 43.4 Å². The third-order valence-corrected chi connectivity index (χ3v) is 5.75. The van der Waals surface area contributed by atoms with Crippen LogP contribution in [0.1, 0.15) is 38.5 Å². The molecule has 1 aromatic rings. The van der Waals surface area contributed by atoms with Crippen LogP contribution in [-0.4, -0.2) is 20.9 Å². The molecule has 26 heavy (non-hydrogen) atoms. The molecule has 0 radical (unpaired) electrons. The smallest absolute Gasteiger partial charge is 0.264 e. The fraction of sp³-hybridized carbons (Fsp3) is 0.450. The number of benzene rings is 1. The van der Waals surface area contributed by atoms with E-state index in [1.54, 1.807) is 18.2 Å². The van der Waals surface area contributed by atoms with E-state index in [0.29, 0.717) is 18.8 Å². The maximum atomic E-state index is 12.4. The van der Waals surface area contributed by atoms with Crippen molar-refractivity contribution < 1.29 is 17.9 Å². The minimum Gasteiger partial charge on any atom is -0.494 e. The lowest BCUT2D eigenvalue weighted by Crippen LogP contribution is -2.32. The SMILES string of the molecule is C=CCCCCCCOc1cccc(S(=O)(=O)NC(=O)C2C[C@@H]2C=C)c1. The summed E-state index contributed by atoms with van der Waals surface area (Å²) in [5, 5.41) is 0. The van der Waals surface area contributed by atoms with Crippen molar-refractivity contribution in [3.8, 4) is 5.75 Å². The molecule has 1 aliphatic carbocycles. The molecule has 2 atom stereocenters. The summed E-state index contributed by atoms with van der Waals surface area (Å²) in [5.41, 5.74) is 0. The number of carbonyl (C=O) groups is 1. The van der Waals surface area contributed by atoms with Crippen molar-refractivity contribution in [3.05, 3.63) is 49.6 Å². The average molecular weight is 378 g/mol. The van der Waals surface area contributed by atoms with Gasteiger partial charge in [-0.15, -0.1) is 13.2 Å². The zero-order valence-corrected chi connectivity index (χ0v) is 15.8. The molecular formula is C20H27NO4S. The van der Waals surface area contributed by atoms with Gasteiger partial charge in [-0.3, -0.25) is 4.79 Å². The van der Waals surface area contributed by atoms with E-state index < -0.39 is 15.9 Å². The molecule has 1 saturated carbocycles. The van der Waals surface area contributed by atoms with Gasteiger partial charge in [-0.2, -0.15) is 0 Å². The summed E-state index contributed by atoms with van der Waals surface area (Å²) in [7, 11) is -3.89. The predicted molar refractivity (Wildman–Crippen MR) is 102 cm³/mol. The highest BCUT2D eigenvalue weighted by atomic mass is 32.2. The highest BCUT2D eigenvalue weighted by Gasteiger charge is 2.42. The molecule has 0 spiro atoms. The summed E-state index contributed by atoms with van der Waals surface area (Å²) in [4.78, 5) is 12.0. The lowest BCUT2D eigenvalue weighted by Gasteiger charge is -2.10. The number of amides is 1. The van der Waals surface area contributed by atoms with Crippen LogP contribution >= 0.6 is 0 Å². The second-order valence-electron chi connectivity index (χ2n) is 6.53. The number of rotatable bonds is 12. The molecule has 1 aliphatic rings. The van der Waals surface area contributed by atoms with E-state index in [1.165, 1.54) is 12.1 Å². The molecule has 1 fully saturated rings. The molecule has 5 nitrogen and oxygen atoms in total. The van der Waals surface area contributed by atoms with Gasteiger partial charge in [0.15, 0.2) is 0 Å². The third kappa shape index (κ3) is 6.02.